The van der Waals surface area contributed by atoms with Gasteiger partial charge < -0.3 is 5.11 Å². The topological polar surface area (TPSA) is 121 Å². The fraction of sp³-hybridized carbons (Fsp3) is 0.636. The van der Waals surface area contributed by atoms with E-state index in [-0.39, 0.29) is 17.4 Å². The molecule has 20 heavy (non-hydrogen) atoms. The summed E-state index contributed by atoms with van der Waals surface area (Å²) in [7, 11) is -2.26. The largest absolute Gasteiger partial charge is 0.389 e. The zero-order valence-corrected chi connectivity index (χ0v) is 12.1. The first-order valence-corrected chi connectivity index (χ1v) is 7.79. The van der Waals surface area contributed by atoms with Gasteiger partial charge in [0.05, 0.1) is 18.0 Å². The Kier molecular flexibility index (Phi) is 4.23. The van der Waals surface area contributed by atoms with Gasteiger partial charge in [-0.1, -0.05) is 12.8 Å². The maximum atomic E-state index is 12.3. The summed E-state index contributed by atoms with van der Waals surface area (Å²) in [5.74, 6) is 5.27. The standard InChI is InChI=1S/C11H19N5O3S/c1-16(8-11(17)4-2-3-5-11)20(18,19)9-6-13-10(15-12)14-7-9/h6-7,17H,2-5,8,12H2,1H3,(H,13,14,15). The number of hydrazine groups is 1. The summed E-state index contributed by atoms with van der Waals surface area (Å²) in [6.45, 7) is 0.0756. The number of nitrogens with one attached hydrogen (secondary N) is 1. The highest BCUT2D eigenvalue weighted by molar-refractivity contribution is 7.89. The fourth-order valence-electron chi connectivity index (χ4n) is 2.39. The van der Waals surface area contributed by atoms with E-state index < -0.39 is 15.6 Å². The van der Waals surface area contributed by atoms with Crippen molar-refractivity contribution in [2.75, 3.05) is 19.0 Å². The van der Waals surface area contributed by atoms with Gasteiger partial charge in [-0.3, -0.25) is 5.43 Å². The smallest absolute Gasteiger partial charge is 0.245 e. The van der Waals surface area contributed by atoms with Gasteiger partial charge in [0.25, 0.3) is 0 Å². The Balaban J connectivity index is 2.15. The van der Waals surface area contributed by atoms with Crippen LogP contribution in [0.1, 0.15) is 25.7 Å². The first kappa shape index (κ1) is 15.1. The van der Waals surface area contributed by atoms with Crippen LogP contribution in [-0.4, -0.2) is 47.0 Å². The summed E-state index contributed by atoms with van der Waals surface area (Å²) in [5.41, 5.74) is 1.30. The highest BCUT2D eigenvalue weighted by Crippen LogP contribution is 2.31. The van der Waals surface area contributed by atoms with Crippen LogP contribution in [0, 0.1) is 0 Å². The maximum Gasteiger partial charge on any atom is 0.245 e. The molecule has 0 saturated heterocycles. The van der Waals surface area contributed by atoms with Gasteiger partial charge in [0.1, 0.15) is 4.90 Å². The molecule has 0 unspecified atom stereocenters. The van der Waals surface area contributed by atoms with Crippen LogP contribution in [0.25, 0.3) is 0 Å². The van der Waals surface area contributed by atoms with E-state index in [9.17, 15) is 13.5 Å². The van der Waals surface area contributed by atoms with Crippen LogP contribution in [0.15, 0.2) is 17.3 Å². The zero-order chi connectivity index (χ0) is 14.8. The minimum absolute atomic E-state index is 0.0272. The van der Waals surface area contributed by atoms with Gasteiger partial charge in [0, 0.05) is 13.6 Å². The monoisotopic (exact) mass is 301 g/mol. The van der Waals surface area contributed by atoms with Crippen LogP contribution in [0.4, 0.5) is 5.95 Å². The van der Waals surface area contributed by atoms with Crippen molar-refractivity contribution >= 4 is 16.0 Å². The highest BCUT2D eigenvalue weighted by atomic mass is 32.2. The van der Waals surface area contributed by atoms with Crippen molar-refractivity contribution in [3.63, 3.8) is 0 Å². The molecule has 0 aliphatic heterocycles. The molecule has 9 heteroatoms. The molecule has 0 bridgehead atoms. The molecule has 0 radical (unpaired) electrons. The first-order valence-electron chi connectivity index (χ1n) is 6.35. The normalized spacial score (nSPS) is 18.4. The Bertz CT molecular complexity index is 554. The minimum Gasteiger partial charge on any atom is -0.389 e. The van der Waals surface area contributed by atoms with Crippen LogP contribution in [0.5, 0.6) is 0 Å². The number of aliphatic hydroxyl groups is 1. The van der Waals surface area contributed by atoms with Gasteiger partial charge in [-0.25, -0.2) is 24.2 Å². The summed E-state index contributed by atoms with van der Waals surface area (Å²) >= 11 is 0. The van der Waals surface area contributed by atoms with Crippen molar-refractivity contribution in [2.24, 2.45) is 5.84 Å². The SMILES string of the molecule is CN(CC1(O)CCCC1)S(=O)(=O)c1cnc(NN)nc1. The summed E-state index contributed by atoms with van der Waals surface area (Å²) in [6.07, 6.45) is 5.47. The number of sulfonamides is 1. The molecular weight excluding hydrogens is 282 g/mol. The lowest BCUT2D eigenvalue weighted by Crippen LogP contribution is -2.42. The van der Waals surface area contributed by atoms with Crippen LogP contribution in [0.2, 0.25) is 0 Å². The molecule has 0 aromatic carbocycles. The number of rotatable bonds is 5. The van der Waals surface area contributed by atoms with Crippen molar-refractivity contribution in [3.05, 3.63) is 12.4 Å². The fourth-order valence-corrected chi connectivity index (χ4v) is 3.54. The number of nitrogens with two attached hydrogens (primary N) is 1. The Morgan fingerprint density at radius 3 is 2.45 bits per heavy atom. The number of hydrogen-bond donors (Lipinski definition) is 3. The maximum absolute atomic E-state index is 12.3. The van der Waals surface area contributed by atoms with Gasteiger partial charge in [0.15, 0.2) is 0 Å². The summed E-state index contributed by atoms with van der Waals surface area (Å²) in [4.78, 5) is 7.53. The molecule has 8 nitrogen and oxygen atoms in total. The Labute approximate surface area is 118 Å². The molecule has 4 N–H and O–H groups in total. The van der Waals surface area contributed by atoms with E-state index in [2.05, 4.69) is 15.4 Å². The molecular formula is C11H19N5O3S. The van der Waals surface area contributed by atoms with Crippen molar-refractivity contribution in [2.45, 2.75) is 36.2 Å². The molecule has 0 amide bonds. The minimum atomic E-state index is -3.71. The second-order valence-electron chi connectivity index (χ2n) is 5.08. The van der Waals surface area contributed by atoms with Crippen molar-refractivity contribution in [3.8, 4) is 0 Å². The molecule has 0 spiro atoms. The van der Waals surface area contributed by atoms with E-state index in [1.165, 1.54) is 19.4 Å². The summed E-state index contributed by atoms with van der Waals surface area (Å²) < 4.78 is 25.8. The molecule has 1 aromatic heterocycles. The second-order valence-corrected chi connectivity index (χ2v) is 7.12. The van der Waals surface area contributed by atoms with Gasteiger partial charge in [0.2, 0.25) is 16.0 Å². The average Bonchev–Trinajstić information content (AvgIpc) is 2.85. The van der Waals surface area contributed by atoms with E-state index in [1.54, 1.807) is 0 Å². The third-order valence-electron chi connectivity index (χ3n) is 3.52. The predicted molar refractivity (Wildman–Crippen MR) is 73.1 cm³/mol. The molecule has 1 aliphatic carbocycles. The van der Waals surface area contributed by atoms with E-state index in [0.29, 0.717) is 12.8 Å². The average molecular weight is 301 g/mol. The van der Waals surface area contributed by atoms with E-state index in [0.717, 1.165) is 17.1 Å². The molecule has 1 heterocycles. The lowest BCUT2D eigenvalue weighted by atomic mass is 10.0. The number of nitrogens with zero attached hydrogens (tertiary/aromatic N) is 3. The van der Waals surface area contributed by atoms with Crippen LogP contribution in [0.3, 0.4) is 0 Å². The van der Waals surface area contributed by atoms with Crippen LogP contribution < -0.4 is 11.3 Å². The zero-order valence-electron chi connectivity index (χ0n) is 11.3. The summed E-state index contributed by atoms with van der Waals surface area (Å²) in [6, 6.07) is 0. The molecule has 2 rings (SSSR count). The predicted octanol–water partition coefficient (Wildman–Crippen LogP) is -0.312. The van der Waals surface area contributed by atoms with Crippen LogP contribution in [-0.2, 0) is 10.0 Å². The van der Waals surface area contributed by atoms with E-state index >= 15 is 0 Å². The lowest BCUT2D eigenvalue weighted by Gasteiger charge is -2.27. The lowest BCUT2D eigenvalue weighted by molar-refractivity contribution is 0.0333. The number of aromatic nitrogens is 2. The van der Waals surface area contributed by atoms with E-state index in [1.807, 2.05) is 0 Å². The number of hydrogen-bond acceptors (Lipinski definition) is 7. The second kappa shape index (κ2) is 5.60. The Morgan fingerprint density at radius 1 is 1.40 bits per heavy atom. The van der Waals surface area contributed by atoms with Gasteiger partial charge in [-0.2, -0.15) is 4.31 Å². The highest BCUT2D eigenvalue weighted by Gasteiger charge is 2.35. The van der Waals surface area contributed by atoms with E-state index in [4.69, 9.17) is 5.84 Å². The quantitative estimate of drug-likeness (QED) is 0.503. The molecule has 0 atom stereocenters. The van der Waals surface area contributed by atoms with Gasteiger partial charge >= 0.3 is 0 Å². The molecule has 1 saturated carbocycles. The third-order valence-corrected chi connectivity index (χ3v) is 5.27. The van der Waals surface area contributed by atoms with Gasteiger partial charge in [-0.15, -0.1) is 0 Å². The number of anilines is 1. The number of nitrogen functional groups attached to an aromatic ring is 1. The van der Waals surface area contributed by atoms with Gasteiger partial charge in [-0.05, 0) is 12.8 Å². The molecule has 1 fully saturated rings. The Hall–Kier alpha value is -1.29. The Morgan fingerprint density at radius 2 is 1.95 bits per heavy atom. The van der Waals surface area contributed by atoms with Crippen molar-refractivity contribution in [1.29, 1.82) is 0 Å². The van der Waals surface area contributed by atoms with Crippen molar-refractivity contribution in [1.82, 2.24) is 14.3 Å². The third kappa shape index (κ3) is 3.06. The first-order chi connectivity index (χ1) is 9.37. The summed E-state index contributed by atoms with van der Waals surface area (Å²) in [5, 5.41) is 10.3. The molecule has 112 valence electrons. The van der Waals surface area contributed by atoms with Crippen LogP contribution >= 0.6 is 0 Å². The number of likely N-dealkylation sites (N-methyl/N-ethyl adjacent to an activating group) is 1. The molecule has 1 aliphatic rings. The van der Waals surface area contributed by atoms with Crippen molar-refractivity contribution < 1.29 is 13.5 Å². The molecule has 1 aromatic rings.